The van der Waals surface area contributed by atoms with Gasteiger partial charge in [0.1, 0.15) is 0 Å². The fraction of sp³-hybridized carbons (Fsp3) is 1.00. The molecule has 0 radical (unpaired) electrons. The van der Waals surface area contributed by atoms with E-state index >= 15 is 0 Å². The summed E-state index contributed by atoms with van der Waals surface area (Å²) in [7, 11) is 0. The highest BCUT2D eigenvalue weighted by molar-refractivity contribution is 5.10. The fourth-order valence-electron chi connectivity index (χ4n) is 5.03. The summed E-state index contributed by atoms with van der Waals surface area (Å²) < 4.78 is 6.01. The topological polar surface area (TPSA) is 21.3 Å². The third-order valence-corrected chi connectivity index (χ3v) is 6.26. The molecule has 0 bridgehead atoms. The molecule has 3 aliphatic carbocycles. The molecule has 0 saturated heterocycles. The van der Waals surface area contributed by atoms with Crippen LogP contribution < -0.4 is 5.32 Å². The molecule has 3 saturated carbocycles. The smallest absolute Gasteiger partial charge is 0.0661 e. The summed E-state index contributed by atoms with van der Waals surface area (Å²) in [5.41, 5.74) is 0.503. The van der Waals surface area contributed by atoms with Crippen LogP contribution in [-0.2, 0) is 4.74 Å². The standard InChI is InChI=1S/C17H31NO/c1-3-19-16-12-15(17(16)10-6-7-11-17)18-13(2)14-8-4-5-9-14/h13-16,18H,3-12H2,1-2H3/t13-,15?,16?/m0/s1. The molecular weight excluding hydrogens is 234 g/mol. The number of ether oxygens (including phenoxy) is 1. The molecule has 19 heavy (non-hydrogen) atoms. The zero-order valence-electron chi connectivity index (χ0n) is 12.8. The minimum atomic E-state index is 0.503. The Morgan fingerprint density at radius 2 is 1.84 bits per heavy atom. The summed E-state index contributed by atoms with van der Waals surface area (Å²) in [5, 5.41) is 4.00. The molecule has 110 valence electrons. The van der Waals surface area contributed by atoms with Gasteiger partial charge in [-0.15, -0.1) is 0 Å². The average Bonchev–Trinajstić information content (AvgIpc) is 3.09. The van der Waals surface area contributed by atoms with Gasteiger partial charge >= 0.3 is 0 Å². The van der Waals surface area contributed by atoms with Crippen molar-refractivity contribution in [3.8, 4) is 0 Å². The van der Waals surface area contributed by atoms with Crippen molar-refractivity contribution in [2.24, 2.45) is 11.3 Å². The highest BCUT2D eigenvalue weighted by atomic mass is 16.5. The first-order valence-corrected chi connectivity index (χ1v) is 8.64. The zero-order chi connectivity index (χ0) is 13.3. The molecule has 0 aliphatic heterocycles. The number of nitrogens with one attached hydrogen (secondary N) is 1. The van der Waals surface area contributed by atoms with Crippen LogP contribution >= 0.6 is 0 Å². The predicted octanol–water partition coefficient (Wildman–Crippen LogP) is 3.89. The van der Waals surface area contributed by atoms with E-state index in [-0.39, 0.29) is 0 Å². The Labute approximate surface area is 118 Å². The van der Waals surface area contributed by atoms with Gasteiger partial charge in [0.05, 0.1) is 6.10 Å². The molecule has 2 heteroatoms. The van der Waals surface area contributed by atoms with E-state index in [0.717, 1.165) is 18.6 Å². The number of hydrogen-bond acceptors (Lipinski definition) is 2. The molecular formula is C17H31NO. The van der Waals surface area contributed by atoms with Crippen molar-refractivity contribution in [3.63, 3.8) is 0 Å². The van der Waals surface area contributed by atoms with Gasteiger partial charge in [0.25, 0.3) is 0 Å². The van der Waals surface area contributed by atoms with Crippen molar-refractivity contribution in [2.45, 2.75) is 89.8 Å². The van der Waals surface area contributed by atoms with Crippen LogP contribution in [-0.4, -0.2) is 24.8 Å². The Morgan fingerprint density at radius 3 is 2.47 bits per heavy atom. The molecule has 3 atom stereocenters. The van der Waals surface area contributed by atoms with E-state index < -0.39 is 0 Å². The predicted molar refractivity (Wildman–Crippen MR) is 79.3 cm³/mol. The zero-order valence-corrected chi connectivity index (χ0v) is 12.8. The Hall–Kier alpha value is -0.0800. The second-order valence-corrected chi connectivity index (χ2v) is 7.17. The van der Waals surface area contributed by atoms with E-state index in [2.05, 4.69) is 19.2 Å². The van der Waals surface area contributed by atoms with E-state index in [1.807, 2.05) is 0 Å². The lowest BCUT2D eigenvalue weighted by Gasteiger charge is -2.55. The largest absolute Gasteiger partial charge is 0.378 e. The summed E-state index contributed by atoms with van der Waals surface area (Å²) >= 11 is 0. The summed E-state index contributed by atoms with van der Waals surface area (Å²) in [4.78, 5) is 0. The Kier molecular flexibility index (Phi) is 4.19. The lowest BCUT2D eigenvalue weighted by atomic mass is 9.60. The number of hydrogen-bond donors (Lipinski definition) is 1. The third-order valence-electron chi connectivity index (χ3n) is 6.26. The Balaban J connectivity index is 1.58. The second-order valence-electron chi connectivity index (χ2n) is 7.17. The quantitative estimate of drug-likeness (QED) is 0.814. The molecule has 0 heterocycles. The van der Waals surface area contributed by atoms with Crippen molar-refractivity contribution in [3.05, 3.63) is 0 Å². The van der Waals surface area contributed by atoms with Gasteiger partial charge in [0, 0.05) is 24.1 Å². The van der Waals surface area contributed by atoms with E-state index in [1.165, 1.54) is 57.8 Å². The van der Waals surface area contributed by atoms with Crippen LogP contribution in [0.15, 0.2) is 0 Å². The van der Waals surface area contributed by atoms with Gasteiger partial charge in [0.2, 0.25) is 0 Å². The van der Waals surface area contributed by atoms with Crippen LogP contribution in [0.4, 0.5) is 0 Å². The highest BCUT2D eigenvalue weighted by Crippen LogP contribution is 2.55. The SMILES string of the molecule is CCOC1CC(N[C@@H](C)C2CCCC2)C12CCCC2. The first kappa shape index (κ1) is 13.9. The molecule has 1 N–H and O–H groups in total. The van der Waals surface area contributed by atoms with Crippen LogP contribution in [0.1, 0.15) is 71.6 Å². The molecule has 0 amide bonds. The molecule has 0 aromatic carbocycles. The van der Waals surface area contributed by atoms with Crippen molar-refractivity contribution in [2.75, 3.05) is 6.61 Å². The van der Waals surface area contributed by atoms with Crippen molar-refractivity contribution >= 4 is 0 Å². The maximum Gasteiger partial charge on any atom is 0.0661 e. The monoisotopic (exact) mass is 265 g/mol. The summed E-state index contributed by atoms with van der Waals surface area (Å²) in [6.07, 6.45) is 13.2. The normalized spacial score (nSPS) is 35.7. The summed E-state index contributed by atoms with van der Waals surface area (Å²) in [6.45, 7) is 5.45. The van der Waals surface area contributed by atoms with Crippen molar-refractivity contribution in [1.82, 2.24) is 5.32 Å². The lowest BCUT2D eigenvalue weighted by Crippen LogP contribution is -2.64. The minimum Gasteiger partial charge on any atom is -0.378 e. The Bertz CT molecular complexity index is 292. The van der Waals surface area contributed by atoms with Gasteiger partial charge in [-0.05, 0) is 51.9 Å². The van der Waals surface area contributed by atoms with Gasteiger partial charge in [-0.3, -0.25) is 0 Å². The molecule has 3 fully saturated rings. The second kappa shape index (κ2) is 5.73. The van der Waals surface area contributed by atoms with E-state index in [4.69, 9.17) is 4.74 Å². The fourth-order valence-corrected chi connectivity index (χ4v) is 5.03. The van der Waals surface area contributed by atoms with E-state index in [1.54, 1.807) is 0 Å². The van der Waals surface area contributed by atoms with Crippen LogP contribution in [0.2, 0.25) is 0 Å². The van der Waals surface area contributed by atoms with Gasteiger partial charge in [0.15, 0.2) is 0 Å². The lowest BCUT2D eigenvalue weighted by molar-refractivity contribution is -0.133. The third kappa shape index (κ3) is 2.47. The highest BCUT2D eigenvalue weighted by Gasteiger charge is 2.56. The van der Waals surface area contributed by atoms with Crippen LogP contribution in [0, 0.1) is 11.3 Å². The molecule has 3 rings (SSSR count). The minimum absolute atomic E-state index is 0.503. The number of rotatable bonds is 5. The maximum atomic E-state index is 6.01. The van der Waals surface area contributed by atoms with Crippen molar-refractivity contribution in [1.29, 1.82) is 0 Å². The van der Waals surface area contributed by atoms with E-state index in [9.17, 15) is 0 Å². The average molecular weight is 265 g/mol. The summed E-state index contributed by atoms with van der Waals surface area (Å²) in [5.74, 6) is 0.935. The molecule has 0 aromatic rings. The van der Waals surface area contributed by atoms with Gasteiger partial charge in [-0.25, -0.2) is 0 Å². The first-order valence-electron chi connectivity index (χ1n) is 8.64. The summed E-state index contributed by atoms with van der Waals surface area (Å²) in [6, 6.07) is 1.45. The molecule has 2 unspecified atom stereocenters. The molecule has 2 nitrogen and oxygen atoms in total. The van der Waals surface area contributed by atoms with Gasteiger partial charge < -0.3 is 10.1 Å². The molecule has 3 aliphatic rings. The first-order chi connectivity index (χ1) is 9.26. The van der Waals surface area contributed by atoms with Gasteiger partial charge in [-0.1, -0.05) is 25.7 Å². The van der Waals surface area contributed by atoms with Gasteiger partial charge in [-0.2, -0.15) is 0 Å². The Morgan fingerprint density at radius 1 is 1.16 bits per heavy atom. The van der Waals surface area contributed by atoms with Crippen LogP contribution in [0.25, 0.3) is 0 Å². The van der Waals surface area contributed by atoms with E-state index in [0.29, 0.717) is 17.6 Å². The molecule has 1 spiro atoms. The van der Waals surface area contributed by atoms with Crippen molar-refractivity contribution < 1.29 is 4.74 Å². The van der Waals surface area contributed by atoms with Crippen LogP contribution in [0.5, 0.6) is 0 Å². The van der Waals surface area contributed by atoms with Crippen LogP contribution in [0.3, 0.4) is 0 Å². The molecule has 0 aromatic heterocycles. The maximum absolute atomic E-state index is 6.01.